The molecular formula is C12H12F3N3O2S. The number of hydrogen-bond donors (Lipinski definition) is 1. The summed E-state index contributed by atoms with van der Waals surface area (Å²) in [5, 5.41) is 3.57. The topological polar surface area (TPSA) is 64.0 Å². The average Bonchev–Trinajstić information content (AvgIpc) is 2.88. The van der Waals surface area contributed by atoms with E-state index in [0.29, 0.717) is 0 Å². The van der Waals surface area contributed by atoms with E-state index < -0.39 is 21.8 Å². The molecule has 0 aliphatic rings. The molecule has 0 spiro atoms. The SMILES string of the molecule is CCNS(=O)(=O)c1ccnn1-c1cccc(C(F)(F)F)c1. The van der Waals surface area contributed by atoms with Gasteiger partial charge < -0.3 is 0 Å². The van der Waals surface area contributed by atoms with Crippen LogP contribution in [0.5, 0.6) is 0 Å². The molecule has 0 saturated carbocycles. The molecule has 1 aromatic carbocycles. The summed E-state index contributed by atoms with van der Waals surface area (Å²) in [5.74, 6) is 0. The van der Waals surface area contributed by atoms with Crippen molar-refractivity contribution in [2.24, 2.45) is 0 Å². The summed E-state index contributed by atoms with van der Waals surface area (Å²) in [6, 6.07) is 5.53. The van der Waals surface area contributed by atoms with Crippen LogP contribution in [0.4, 0.5) is 13.2 Å². The van der Waals surface area contributed by atoms with Crippen LogP contribution < -0.4 is 4.72 Å². The van der Waals surface area contributed by atoms with Crippen molar-refractivity contribution in [2.75, 3.05) is 6.54 Å². The largest absolute Gasteiger partial charge is 0.416 e. The van der Waals surface area contributed by atoms with Crippen LogP contribution in [0, 0.1) is 0 Å². The van der Waals surface area contributed by atoms with E-state index in [0.717, 1.165) is 16.8 Å². The molecular weight excluding hydrogens is 307 g/mol. The first-order valence-corrected chi connectivity index (χ1v) is 7.45. The third-order valence-corrected chi connectivity index (χ3v) is 4.16. The summed E-state index contributed by atoms with van der Waals surface area (Å²) < 4.78 is 65.3. The highest BCUT2D eigenvalue weighted by Crippen LogP contribution is 2.30. The molecule has 9 heteroatoms. The zero-order valence-electron chi connectivity index (χ0n) is 10.9. The number of aromatic nitrogens is 2. The molecule has 0 saturated heterocycles. The van der Waals surface area contributed by atoms with Gasteiger partial charge in [0, 0.05) is 6.54 Å². The summed E-state index contributed by atoms with van der Waals surface area (Å²) in [5.41, 5.74) is -0.853. The molecule has 0 unspecified atom stereocenters. The Morgan fingerprint density at radius 3 is 2.62 bits per heavy atom. The van der Waals surface area contributed by atoms with Crippen molar-refractivity contribution in [2.45, 2.75) is 18.1 Å². The second kappa shape index (κ2) is 5.49. The molecule has 2 aromatic rings. The van der Waals surface area contributed by atoms with Crippen LogP contribution in [0.3, 0.4) is 0 Å². The van der Waals surface area contributed by atoms with Crippen molar-refractivity contribution < 1.29 is 21.6 Å². The molecule has 1 heterocycles. The molecule has 1 N–H and O–H groups in total. The molecule has 0 atom stereocenters. The molecule has 0 radical (unpaired) electrons. The number of halogens is 3. The van der Waals surface area contributed by atoms with E-state index in [1.165, 1.54) is 24.4 Å². The van der Waals surface area contributed by atoms with E-state index >= 15 is 0 Å². The van der Waals surface area contributed by atoms with Gasteiger partial charge in [-0.25, -0.2) is 17.8 Å². The minimum absolute atomic E-state index is 0.0197. The van der Waals surface area contributed by atoms with E-state index in [-0.39, 0.29) is 17.3 Å². The maximum absolute atomic E-state index is 12.7. The summed E-state index contributed by atoms with van der Waals surface area (Å²) in [6.45, 7) is 1.76. The van der Waals surface area contributed by atoms with Gasteiger partial charge in [0.25, 0.3) is 10.0 Å². The maximum atomic E-state index is 12.7. The Hall–Kier alpha value is -1.87. The smallest absolute Gasteiger partial charge is 0.221 e. The fourth-order valence-corrected chi connectivity index (χ4v) is 2.91. The van der Waals surface area contributed by atoms with Gasteiger partial charge >= 0.3 is 6.18 Å². The molecule has 0 amide bonds. The maximum Gasteiger partial charge on any atom is 0.416 e. The lowest BCUT2D eigenvalue weighted by Gasteiger charge is -2.11. The molecule has 0 bridgehead atoms. The first kappa shape index (κ1) is 15.5. The van der Waals surface area contributed by atoms with Gasteiger partial charge in [-0.15, -0.1) is 0 Å². The normalized spacial score (nSPS) is 12.6. The van der Waals surface area contributed by atoms with Crippen LogP contribution in [-0.4, -0.2) is 24.7 Å². The summed E-state index contributed by atoms with van der Waals surface area (Å²) >= 11 is 0. The first-order chi connectivity index (χ1) is 9.75. The van der Waals surface area contributed by atoms with E-state index in [4.69, 9.17) is 0 Å². The minimum atomic E-state index is -4.51. The number of nitrogens with one attached hydrogen (secondary N) is 1. The Bertz CT molecular complexity index is 738. The average molecular weight is 319 g/mol. The highest BCUT2D eigenvalue weighted by Gasteiger charge is 2.31. The number of rotatable bonds is 4. The zero-order chi connectivity index (χ0) is 15.7. The van der Waals surface area contributed by atoms with Crippen LogP contribution in [0.2, 0.25) is 0 Å². The van der Waals surface area contributed by atoms with E-state index in [2.05, 4.69) is 9.82 Å². The quantitative estimate of drug-likeness (QED) is 0.939. The number of benzene rings is 1. The fourth-order valence-electron chi connectivity index (χ4n) is 1.77. The van der Waals surface area contributed by atoms with Gasteiger partial charge in [-0.3, -0.25) is 0 Å². The predicted octanol–water partition coefficient (Wildman–Crippen LogP) is 2.19. The van der Waals surface area contributed by atoms with Crippen molar-refractivity contribution in [1.29, 1.82) is 0 Å². The lowest BCUT2D eigenvalue weighted by Crippen LogP contribution is -2.25. The van der Waals surface area contributed by atoms with Gasteiger partial charge in [0.05, 0.1) is 17.4 Å². The van der Waals surface area contributed by atoms with Crippen LogP contribution >= 0.6 is 0 Å². The van der Waals surface area contributed by atoms with Crippen LogP contribution in [0.15, 0.2) is 41.6 Å². The minimum Gasteiger partial charge on any atom is -0.221 e. The zero-order valence-corrected chi connectivity index (χ0v) is 11.7. The Labute approximate surface area is 119 Å². The Kier molecular flexibility index (Phi) is 4.06. The number of alkyl halides is 3. The first-order valence-electron chi connectivity index (χ1n) is 5.97. The number of sulfonamides is 1. The molecule has 1 aromatic heterocycles. The van der Waals surface area contributed by atoms with Gasteiger partial charge in [0.15, 0.2) is 5.03 Å². The van der Waals surface area contributed by atoms with Gasteiger partial charge in [0.2, 0.25) is 0 Å². The molecule has 2 rings (SSSR count). The highest BCUT2D eigenvalue weighted by molar-refractivity contribution is 7.89. The third-order valence-electron chi connectivity index (χ3n) is 2.64. The summed E-state index contributed by atoms with van der Waals surface area (Å²) in [6.07, 6.45) is -3.30. The molecule has 5 nitrogen and oxygen atoms in total. The second-order valence-electron chi connectivity index (χ2n) is 4.13. The van der Waals surface area contributed by atoms with E-state index in [1.807, 2.05) is 0 Å². The molecule has 114 valence electrons. The van der Waals surface area contributed by atoms with Gasteiger partial charge in [0.1, 0.15) is 0 Å². The van der Waals surface area contributed by atoms with E-state index in [9.17, 15) is 21.6 Å². The van der Waals surface area contributed by atoms with Crippen molar-refractivity contribution in [3.05, 3.63) is 42.1 Å². The van der Waals surface area contributed by atoms with Gasteiger partial charge in [-0.05, 0) is 24.3 Å². The van der Waals surface area contributed by atoms with Crippen molar-refractivity contribution in [3.63, 3.8) is 0 Å². The predicted molar refractivity (Wildman–Crippen MR) is 69.4 cm³/mol. The lowest BCUT2D eigenvalue weighted by atomic mass is 10.2. The van der Waals surface area contributed by atoms with Crippen LogP contribution in [0.25, 0.3) is 5.69 Å². The molecule has 0 aliphatic carbocycles. The molecule has 21 heavy (non-hydrogen) atoms. The van der Waals surface area contributed by atoms with Crippen LogP contribution in [-0.2, 0) is 16.2 Å². The highest BCUT2D eigenvalue weighted by atomic mass is 32.2. The van der Waals surface area contributed by atoms with E-state index in [1.54, 1.807) is 6.92 Å². The Morgan fingerprint density at radius 2 is 2.00 bits per heavy atom. The lowest BCUT2D eigenvalue weighted by molar-refractivity contribution is -0.137. The van der Waals surface area contributed by atoms with Gasteiger partial charge in [-0.1, -0.05) is 13.0 Å². The Morgan fingerprint density at radius 1 is 1.29 bits per heavy atom. The monoisotopic (exact) mass is 319 g/mol. The summed E-state index contributed by atoms with van der Waals surface area (Å²) in [4.78, 5) is 0. The summed E-state index contributed by atoms with van der Waals surface area (Å²) in [7, 11) is -3.82. The third kappa shape index (κ3) is 3.24. The number of nitrogens with zero attached hydrogens (tertiary/aromatic N) is 2. The van der Waals surface area contributed by atoms with Crippen molar-refractivity contribution in [1.82, 2.24) is 14.5 Å². The fraction of sp³-hybridized carbons (Fsp3) is 0.250. The molecule has 0 fully saturated rings. The van der Waals surface area contributed by atoms with Crippen molar-refractivity contribution in [3.8, 4) is 5.69 Å². The standard InChI is InChI=1S/C12H12F3N3O2S/c1-2-17-21(19,20)11-6-7-16-18(11)10-5-3-4-9(8-10)12(13,14)15/h3-8,17H,2H2,1H3. The van der Waals surface area contributed by atoms with Crippen molar-refractivity contribution >= 4 is 10.0 Å². The van der Waals surface area contributed by atoms with Crippen LogP contribution in [0.1, 0.15) is 12.5 Å². The second-order valence-corrected chi connectivity index (χ2v) is 5.84. The molecule has 0 aliphatic heterocycles. The Balaban J connectivity index is 2.53. The van der Waals surface area contributed by atoms with Gasteiger partial charge in [-0.2, -0.15) is 18.3 Å². The number of hydrogen-bond acceptors (Lipinski definition) is 3.